The van der Waals surface area contributed by atoms with E-state index in [4.69, 9.17) is 22.2 Å². The van der Waals surface area contributed by atoms with Gasteiger partial charge in [-0.1, -0.05) is 11.8 Å². The highest BCUT2D eigenvalue weighted by molar-refractivity contribution is 8.23. The van der Waals surface area contributed by atoms with Gasteiger partial charge < -0.3 is 9.64 Å². The molecular weight excluding hydrogens is 335 g/mol. The molecule has 0 bridgehead atoms. The normalized spacial score (nSPS) is 11.4. The second-order valence-corrected chi connectivity index (χ2v) is 6.71. The first-order valence-corrected chi connectivity index (χ1v) is 8.48. The lowest BCUT2D eigenvalue weighted by atomic mass is 10.2. The zero-order valence-corrected chi connectivity index (χ0v) is 14.8. The van der Waals surface area contributed by atoms with Crippen molar-refractivity contribution in [1.29, 1.82) is 5.26 Å². The van der Waals surface area contributed by atoms with Gasteiger partial charge in [0.15, 0.2) is 0 Å². The van der Waals surface area contributed by atoms with Gasteiger partial charge >= 0.3 is 0 Å². The minimum Gasteiger partial charge on any atom is -0.479 e. The Kier molecular flexibility index (Phi) is 8.59. The first-order chi connectivity index (χ1) is 11.0. The number of hydrogen-bond acceptors (Lipinski definition) is 5. The maximum absolute atomic E-state index is 12.9. The van der Waals surface area contributed by atoms with E-state index in [0.29, 0.717) is 35.9 Å². The van der Waals surface area contributed by atoms with Gasteiger partial charge in [0.25, 0.3) is 5.91 Å². The van der Waals surface area contributed by atoms with Crippen molar-refractivity contribution in [3.63, 3.8) is 0 Å². The zero-order chi connectivity index (χ0) is 17.2. The average Bonchev–Trinajstić information content (AvgIpc) is 2.52. The van der Waals surface area contributed by atoms with Gasteiger partial charge in [0.1, 0.15) is 5.82 Å². The average molecular weight is 354 g/mol. The number of benzene rings is 1. The molecule has 0 aliphatic carbocycles. The molecule has 0 spiro atoms. The van der Waals surface area contributed by atoms with Crippen molar-refractivity contribution >= 4 is 34.3 Å². The van der Waals surface area contributed by atoms with Crippen LogP contribution in [0.5, 0.6) is 0 Å². The second-order valence-electron chi connectivity index (χ2n) is 4.81. The molecular formula is C16H19FN2O2S2. The highest BCUT2D eigenvalue weighted by Crippen LogP contribution is 2.21. The van der Waals surface area contributed by atoms with E-state index in [1.54, 1.807) is 11.9 Å². The standard InChI is InChI=1S/C16H19FN2O2S2/c1-3-21-16(22)23-14(5-4-10-18)11-19(2)15(20)12-6-8-13(17)9-7-12/h6-9,14H,3-5,11H2,1-2H3. The predicted molar refractivity (Wildman–Crippen MR) is 93.8 cm³/mol. The van der Waals surface area contributed by atoms with Gasteiger partial charge in [-0.3, -0.25) is 4.79 Å². The summed E-state index contributed by atoms with van der Waals surface area (Å²) in [5.74, 6) is -0.580. The third kappa shape index (κ3) is 6.97. The summed E-state index contributed by atoms with van der Waals surface area (Å²) in [6.45, 7) is 2.76. The van der Waals surface area contributed by atoms with Gasteiger partial charge in [-0.05, 0) is 49.8 Å². The number of carbonyl (C=O) groups excluding carboxylic acids is 1. The molecule has 0 aliphatic rings. The molecule has 0 saturated carbocycles. The Morgan fingerprint density at radius 1 is 1.48 bits per heavy atom. The first kappa shape index (κ1) is 19.4. The van der Waals surface area contributed by atoms with Gasteiger partial charge in [0.05, 0.1) is 12.7 Å². The van der Waals surface area contributed by atoms with Crippen LogP contribution in [0.15, 0.2) is 24.3 Å². The predicted octanol–water partition coefficient (Wildman–Crippen LogP) is 3.62. The van der Waals surface area contributed by atoms with E-state index >= 15 is 0 Å². The van der Waals surface area contributed by atoms with E-state index in [1.807, 2.05) is 6.92 Å². The van der Waals surface area contributed by atoms with E-state index in [-0.39, 0.29) is 17.0 Å². The molecule has 0 aliphatic heterocycles. The molecule has 1 aromatic rings. The fourth-order valence-corrected chi connectivity index (χ4v) is 3.42. The van der Waals surface area contributed by atoms with E-state index in [1.165, 1.54) is 36.0 Å². The Balaban J connectivity index is 2.69. The number of rotatable bonds is 7. The van der Waals surface area contributed by atoms with Crippen molar-refractivity contribution < 1.29 is 13.9 Å². The first-order valence-electron chi connectivity index (χ1n) is 7.19. The van der Waals surface area contributed by atoms with Crippen molar-refractivity contribution in [2.45, 2.75) is 25.0 Å². The molecule has 1 unspecified atom stereocenters. The minimum absolute atomic E-state index is 0.0249. The van der Waals surface area contributed by atoms with Crippen molar-refractivity contribution in [1.82, 2.24) is 4.90 Å². The van der Waals surface area contributed by atoms with Crippen molar-refractivity contribution in [2.24, 2.45) is 0 Å². The zero-order valence-electron chi connectivity index (χ0n) is 13.1. The second kappa shape index (κ2) is 10.2. The third-order valence-corrected chi connectivity index (χ3v) is 4.45. The lowest BCUT2D eigenvalue weighted by Crippen LogP contribution is -2.33. The third-order valence-electron chi connectivity index (χ3n) is 3.02. The molecule has 0 N–H and O–H groups in total. The summed E-state index contributed by atoms with van der Waals surface area (Å²) >= 11 is 6.48. The molecule has 0 heterocycles. The van der Waals surface area contributed by atoms with Crippen LogP contribution in [0, 0.1) is 17.1 Å². The highest BCUT2D eigenvalue weighted by atomic mass is 32.2. The van der Waals surface area contributed by atoms with Crippen molar-refractivity contribution in [2.75, 3.05) is 20.2 Å². The van der Waals surface area contributed by atoms with E-state index in [0.717, 1.165) is 0 Å². The van der Waals surface area contributed by atoms with Crippen LogP contribution in [-0.4, -0.2) is 40.6 Å². The summed E-state index contributed by atoms with van der Waals surface area (Å²) in [5, 5.41) is 8.74. The lowest BCUT2D eigenvalue weighted by Gasteiger charge is -2.23. The molecule has 1 amide bonds. The van der Waals surface area contributed by atoms with Gasteiger partial charge in [-0.15, -0.1) is 0 Å². The number of hydrogen-bond donors (Lipinski definition) is 0. The van der Waals surface area contributed by atoms with Crippen LogP contribution in [0.25, 0.3) is 0 Å². The van der Waals surface area contributed by atoms with Gasteiger partial charge in [0.2, 0.25) is 4.38 Å². The molecule has 0 saturated heterocycles. The number of thioether (sulfide) groups is 1. The molecule has 124 valence electrons. The molecule has 23 heavy (non-hydrogen) atoms. The van der Waals surface area contributed by atoms with Crippen molar-refractivity contribution in [3.05, 3.63) is 35.6 Å². The Hall–Kier alpha value is -1.65. The van der Waals surface area contributed by atoms with Crippen LogP contribution in [0.3, 0.4) is 0 Å². The maximum atomic E-state index is 12.9. The minimum atomic E-state index is -0.381. The number of nitriles is 1. The SMILES string of the molecule is CCOC(=S)SC(CCC#N)CN(C)C(=O)c1ccc(F)cc1. The van der Waals surface area contributed by atoms with Crippen LogP contribution in [0.1, 0.15) is 30.1 Å². The number of thiocarbonyl (C=S) groups is 1. The fraction of sp³-hybridized carbons (Fsp3) is 0.438. The summed E-state index contributed by atoms with van der Waals surface area (Å²) in [6, 6.07) is 7.53. The number of amides is 1. The molecule has 1 rings (SSSR count). The maximum Gasteiger partial charge on any atom is 0.253 e. The number of ether oxygens (including phenoxy) is 1. The molecule has 0 radical (unpaired) electrons. The Morgan fingerprint density at radius 2 is 2.13 bits per heavy atom. The largest absolute Gasteiger partial charge is 0.479 e. The molecule has 1 aromatic carbocycles. The monoisotopic (exact) mass is 354 g/mol. The molecule has 1 atom stereocenters. The fourth-order valence-electron chi connectivity index (χ4n) is 1.90. The highest BCUT2D eigenvalue weighted by Gasteiger charge is 2.19. The number of halogens is 1. The molecule has 4 nitrogen and oxygen atoms in total. The Morgan fingerprint density at radius 3 is 2.70 bits per heavy atom. The quantitative estimate of drug-likeness (QED) is 0.700. The topological polar surface area (TPSA) is 53.3 Å². The van der Waals surface area contributed by atoms with Gasteiger partial charge in [-0.2, -0.15) is 5.26 Å². The molecule has 0 aromatic heterocycles. The lowest BCUT2D eigenvalue weighted by molar-refractivity contribution is 0.0795. The van der Waals surface area contributed by atoms with Gasteiger partial charge in [-0.25, -0.2) is 4.39 Å². The molecule has 7 heteroatoms. The van der Waals surface area contributed by atoms with Crippen molar-refractivity contribution in [3.8, 4) is 6.07 Å². The van der Waals surface area contributed by atoms with Crippen LogP contribution in [-0.2, 0) is 4.74 Å². The van der Waals surface area contributed by atoms with Crippen LogP contribution in [0.4, 0.5) is 4.39 Å². The van der Waals surface area contributed by atoms with Crippen LogP contribution < -0.4 is 0 Å². The van der Waals surface area contributed by atoms with E-state index in [2.05, 4.69) is 6.07 Å². The number of nitrogens with zero attached hydrogens (tertiary/aromatic N) is 2. The Bertz CT molecular complexity index is 572. The van der Waals surface area contributed by atoms with Crippen LogP contribution in [0.2, 0.25) is 0 Å². The molecule has 0 fully saturated rings. The van der Waals surface area contributed by atoms with Crippen LogP contribution >= 0.6 is 24.0 Å². The Labute approximate surface area is 145 Å². The number of carbonyl (C=O) groups is 1. The summed E-state index contributed by atoms with van der Waals surface area (Å²) in [4.78, 5) is 13.9. The summed E-state index contributed by atoms with van der Waals surface area (Å²) in [7, 11) is 1.68. The van der Waals surface area contributed by atoms with E-state index in [9.17, 15) is 9.18 Å². The summed E-state index contributed by atoms with van der Waals surface area (Å²) in [6.07, 6.45) is 0.987. The van der Waals surface area contributed by atoms with E-state index < -0.39 is 0 Å². The van der Waals surface area contributed by atoms with Gasteiger partial charge in [0, 0.05) is 30.8 Å². The summed E-state index contributed by atoms with van der Waals surface area (Å²) < 4.78 is 18.6. The summed E-state index contributed by atoms with van der Waals surface area (Å²) in [5.41, 5.74) is 0.422. The smallest absolute Gasteiger partial charge is 0.253 e.